The normalized spacial score (nSPS) is 22.4. The SMILES string of the molecule is Brc1ccc(C2C=c3ccccc3=C3C=CC=CC32)cc1. The van der Waals surface area contributed by atoms with E-state index >= 15 is 0 Å². The summed E-state index contributed by atoms with van der Waals surface area (Å²) in [6, 6.07) is 17.4. The second kappa shape index (κ2) is 5.16. The van der Waals surface area contributed by atoms with Crippen molar-refractivity contribution < 1.29 is 0 Å². The van der Waals surface area contributed by atoms with Gasteiger partial charge in [0.25, 0.3) is 0 Å². The summed E-state index contributed by atoms with van der Waals surface area (Å²) in [6.07, 6.45) is 11.3. The lowest BCUT2D eigenvalue weighted by atomic mass is 9.75. The van der Waals surface area contributed by atoms with Crippen molar-refractivity contribution >= 4 is 27.6 Å². The van der Waals surface area contributed by atoms with Gasteiger partial charge < -0.3 is 0 Å². The molecule has 0 fully saturated rings. The topological polar surface area (TPSA) is 0 Å². The van der Waals surface area contributed by atoms with Crippen molar-refractivity contribution in [3.63, 3.8) is 0 Å². The maximum Gasteiger partial charge on any atom is 0.0175 e. The lowest BCUT2D eigenvalue weighted by molar-refractivity contribution is 0.741. The molecule has 2 aliphatic rings. The molecule has 0 saturated heterocycles. The number of allylic oxidation sites excluding steroid dienone is 4. The van der Waals surface area contributed by atoms with E-state index in [0.29, 0.717) is 11.8 Å². The van der Waals surface area contributed by atoms with E-state index in [2.05, 4.69) is 94.8 Å². The Morgan fingerprint density at radius 3 is 2.48 bits per heavy atom. The quantitative estimate of drug-likeness (QED) is 0.741. The average molecular weight is 335 g/mol. The summed E-state index contributed by atoms with van der Waals surface area (Å²) in [4.78, 5) is 0. The van der Waals surface area contributed by atoms with E-state index in [0.717, 1.165) is 4.47 Å². The second-order valence-electron chi connectivity index (χ2n) is 5.56. The number of hydrogen-bond donors (Lipinski definition) is 0. The Hall–Kier alpha value is -1.86. The maximum absolute atomic E-state index is 3.52. The van der Waals surface area contributed by atoms with Crippen LogP contribution in [0.3, 0.4) is 0 Å². The summed E-state index contributed by atoms with van der Waals surface area (Å²) in [5.74, 6) is 0.843. The van der Waals surface area contributed by atoms with Crippen LogP contribution in [-0.4, -0.2) is 0 Å². The number of halogens is 1. The fourth-order valence-electron chi connectivity index (χ4n) is 3.33. The molecule has 0 heterocycles. The smallest absolute Gasteiger partial charge is 0.0175 e. The van der Waals surface area contributed by atoms with Crippen molar-refractivity contribution in [2.75, 3.05) is 0 Å². The summed E-state index contributed by atoms with van der Waals surface area (Å²) in [6.45, 7) is 0. The first-order valence-electron chi connectivity index (χ1n) is 7.24. The first kappa shape index (κ1) is 12.8. The van der Waals surface area contributed by atoms with E-state index < -0.39 is 0 Å². The molecular formula is C20H15Br. The molecule has 102 valence electrons. The molecule has 2 aliphatic carbocycles. The van der Waals surface area contributed by atoms with Gasteiger partial charge in [-0.3, -0.25) is 0 Å². The fraction of sp³-hybridized carbons (Fsp3) is 0.100. The molecule has 0 radical (unpaired) electrons. The zero-order valence-electron chi connectivity index (χ0n) is 11.5. The van der Waals surface area contributed by atoms with Crippen LogP contribution in [-0.2, 0) is 0 Å². The Kier molecular flexibility index (Phi) is 3.16. The van der Waals surface area contributed by atoms with Gasteiger partial charge in [0.2, 0.25) is 0 Å². The van der Waals surface area contributed by atoms with E-state index in [1.807, 2.05) is 0 Å². The molecule has 2 aromatic rings. The van der Waals surface area contributed by atoms with Crippen LogP contribution in [0.1, 0.15) is 11.5 Å². The van der Waals surface area contributed by atoms with Gasteiger partial charge in [0.15, 0.2) is 0 Å². The van der Waals surface area contributed by atoms with Crippen LogP contribution in [0.4, 0.5) is 0 Å². The molecule has 0 nitrogen and oxygen atoms in total. The Bertz CT molecular complexity index is 853. The molecule has 4 rings (SSSR count). The zero-order chi connectivity index (χ0) is 14.2. The Morgan fingerprint density at radius 2 is 1.62 bits per heavy atom. The van der Waals surface area contributed by atoms with Crippen molar-refractivity contribution in [2.24, 2.45) is 5.92 Å². The third-order valence-electron chi connectivity index (χ3n) is 4.34. The summed E-state index contributed by atoms with van der Waals surface area (Å²) < 4.78 is 1.13. The predicted octanol–water partition coefficient (Wildman–Crippen LogP) is 3.92. The molecule has 0 aromatic heterocycles. The van der Waals surface area contributed by atoms with Crippen LogP contribution < -0.4 is 10.4 Å². The molecule has 0 saturated carbocycles. The third-order valence-corrected chi connectivity index (χ3v) is 4.87. The lowest BCUT2D eigenvalue weighted by Gasteiger charge is -2.28. The van der Waals surface area contributed by atoms with E-state index in [1.165, 1.54) is 21.6 Å². The molecule has 1 heteroatoms. The van der Waals surface area contributed by atoms with E-state index in [9.17, 15) is 0 Å². The first-order valence-corrected chi connectivity index (χ1v) is 8.04. The minimum Gasteiger partial charge on any atom is -0.0761 e. The fourth-order valence-corrected chi connectivity index (χ4v) is 3.60. The highest BCUT2D eigenvalue weighted by Gasteiger charge is 2.25. The van der Waals surface area contributed by atoms with Gasteiger partial charge in [-0.25, -0.2) is 0 Å². The zero-order valence-corrected chi connectivity index (χ0v) is 13.1. The van der Waals surface area contributed by atoms with E-state index in [1.54, 1.807) is 0 Å². The second-order valence-corrected chi connectivity index (χ2v) is 6.47. The largest absolute Gasteiger partial charge is 0.0761 e. The summed E-state index contributed by atoms with van der Waals surface area (Å²) >= 11 is 3.52. The van der Waals surface area contributed by atoms with Gasteiger partial charge in [-0.05, 0) is 33.7 Å². The van der Waals surface area contributed by atoms with Gasteiger partial charge in [-0.15, -0.1) is 0 Å². The van der Waals surface area contributed by atoms with Crippen molar-refractivity contribution in [1.29, 1.82) is 0 Å². The standard InChI is InChI=1S/C20H15Br/c21-16-11-9-14(10-12-16)20-13-15-5-1-2-6-17(15)18-7-3-4-8-19(18)20/h1-13,19-20H. The number of fused-ring (bicyclic) bond motifs is 2. The van der Waals surface area contributed by atoms with Gasteiger partial charge >= 0.3 is 0 Å². The van der Waals surface area contributed by atoms with Crippen LogP contribution >= 0.6 is 15.9 Å². The van der Waals surface area contributed by atoms with Crippen molar-refractivity contribution in [3.05, 3.63) is 93.3 Å². The molecule has 0 aliphatic heterocycles. The molecule has 21 heavy (non-hydrogen) atoms. The van der Waals surface area contributed by atoms with Gasteiger partial charge in [-0.1, -0.05) is 82.7 Å². The molecule has 2 atom stereocenters. The molecule has 0 N–H and O–H groups in total. The third kappa shape index (κ3) is 2.22. The monoisotopic (exact) mass is 334 g/mol. The Balaban J connectivity index is 1.95. The van der Waals surface area contributed by atoms with Crippen LogP contribution in [0.5, 0.6) is 0 Å². The van der Waals surface area contributed by atoms with Gasteiger partial charge in [-0.2, -0.15) is 0 Å². The van der Waals surface area contributed by atoms with Crippen molar-refractivity contribution in [3.8, 4) is 0 Å². The van der Waals surface area contributed by atoms with Gasteiger partial charge in [0, 0.05) is 16.3 Å². The number of rotatable bonds is 1. The highest BCUT2D eigenvalue weighted by molar-refractivity contribution is 9.10. The van der Waals surface area contributed by atoms with Crippen LogP contribution in [0.2, 0.25) is 0 Å². The Labute approximate surface area is 133 Å². The average Bonchev–Trinajstić information content (AvgIpc) is 2.55. The highest BCUT2D eigenvalue weighted by Crippen LogP contribution is 2.36. The van der Waals surface area contributed by atoms with Crippen LogP contribution in [0.25, 0.3) is 11.6 Å². The Morgan fingerprint density at radius 1 is 0.810 bits per heavy atom. The predicted molar refractivity (Wildman–Crippen MR) is 92.2 cm³/mol. The molecule has 0 bridgehead atoms. The van der Waals surface area contributed by atoms with Crippen molar-refractivity contribution in [2.45, 2.75) is 5.92 Å². The lowest BCUT2D eigenvalue weighted by Crippen LogP contribution is -2.35. The van der Waals surface area contributed by atoms with Crippen LogP contribution in [0, 0.1) is 5.92 Å². The maximum atomic E-state index is 3.52. The first-order chi connectivity index (χ1) is 10.3. The van der Waals surface area contributed by atoms with E-state index in [4.69, 9.17) is 0 Å². The molecule has 2 unspecified atom stereocenters. The minimum absolute atomic E-state index is 0.407. The molecule has 2 aromatic carbocycles. The molecule has 0 amide bonds. The number of hydrogen-bond acceptors (Lipinski definition) is 0. The molecular weight excluding hydrogens is 320 g/mol. The summed E-state index contributed by atoms with van der Waals surface area (Å²) in [5, 5.41) is 2.72. The molecule has 0 spiro atoms. The highest BCUT2D eigenvalue weighted by atomic mass is 79.9. The van der Waals surface area contributed by atoms with Gasteiger partial charge in [0.05, 0.1) is 0 Å². The number of benzene rings is 2. The van der Waals surface area contributed by atoms with Crippen LogP contribution in [0.15, 0.2) is 77.3 Å². The van der Waals surface area contributed by atoms with Gasteiger partial charge in [0.1, 0.15) is 0 Å². The van der Waals surface area contributed by atoms with E-state index in [-0.39, 0.29) is 0 Å². The summed E-state index contributed by atoms with van der Waals surface area (Å²) in [5.41, 5.74) is 2.80. The summed E-state index contributed by atoms with van der Waals surface area (Å²) in [7, 11) is 0. The van der Waals surface area contributed by atoms with Crippen molar-refractivity contribution in [1.82, 2.24) is 0 Å². The minimum atomic E-state index is 0.407.